The molecular formula is C11H8BrN3O2. The zero-order valence-electron chi connectivity index (χ0n) is 8.63. The Kier molecular flexibility index (Phi) is 5.57. The molecule has 1 N–H and O–H groups in total. The van der Waals surface area contributed by atoms with Gasteiger partial charge in [-0.15, -0.1) is 0 Å². The van der Waals surface area contributed by atoms with E-state index in [2.05, 4.69) is 31.3 Å². The molecule has 2 aromatic rings. The molecule has 0 saturated heterocycles. The Morgan fingerprint density at radius 2 is 1.82 bits per heavy atom. The largest absolute Gasteiger partial charge is 0.373 e. The molecule has 0 amide bonds. The second-order valence-electron chi connectivity index (χ2n) is 2.86. The summed E-state index contributed by atoms with van der Waals surface area (Å²) in [6.07, 6.45) is 5.83. The molecule has 0 atom stereocenters. The summed E-state index contributed by atoms with van der Waals surface area (Å²) >= 11 is 3.38. The van der Waals surface area contributed by atoms with Gasteiger partial charge >= 0.3 is 6.15 Å². The minimum atomic E-state index is 0.250. The topological polar surface area (TPSA) is 75.7 Å². The van der Waals surface area contributed by atoms with Gasteiger partial charge in [0, 0.05) is 4.47 Å². The normalized spacial score (nSPS) is 9.47. The number of nitrogens with zero attached hydrogens (tertiary/aromatic N) is 2. The van der Waals surface area contributed by atoms with Crippen molar-refractivity contribution in [2.75, 3.05) is 0 Å². The molecule has 0 fully saturated rings. The van der Waals surface area contributed by atoms with Crippen LogP contribution in [0, 0.1) is 0 Å². The highest BCUT2D eigenvalue weighted by atomic mass is 79.9. The molecule has 0 spiro atoms. The minimum Gasteiger partial charge on any atom is -0.197 e. The van der Waals surface area contributed by atoms with Gasteiger partial charge in [0.05, 0.1) is 6.20 Å². The van der Waals surface area contributed by atoms with Crippen LogP contribution in [-0.2, 0) is 9.59 Å². The minimum absolute atomic E-state index is 0.250. The fourth-order valence-corrected chi connectivity index (χ4v) is 1.31. The molecule has 1 heterocycles. The molecule has 1 aromatic carbocycles. The molecular weight excluding hydrogens is 286 g/mol. The lowest BCUT2D eigenvalue weighted by Gasteiger charge is -1.92. The number of aromatic nitrogens is 3. The molecule has 0 bridgehead atoms. The summed E-state index contributed by atoms with van der Waals surface area (Å²) in [4.78, 5) is 16.2. The van der Waals surface area contributed by atoms with Crippen molar-refractivity contribution in [3.8, 4) is 0 Å². The van der Waals surface area contributed by atoms with E-state index in [-0.39, 0.29) is 6.15 Å². The molecule has 0 saturated carbocycles. The summed E-state index contributed by atoms with van der Waals surface area (Å²) in [5.41, 5.74) is 1.96. The maximum absolute atomic E-state index is 8.12. The Morgan fingerprint density at radius 1 is 1.18 bits per heavy atom. The maximum atomic E-state index is 8.12. The van der Waals surface area contributed by atoms with Crippen LogP contribution < -0.4 is 0 Å². The molecule has 0 radical (unpaired) electrons. The van der Waals surface area contributed by atoms with Crippen LogP contribution in [0.5, 0.6) is 0 Å². The van der Waals surface area contributed by atoms with E-state index >= 15 is 0 Å². The van der Waals surface area contributed by atoms with Crippen LogP contribution in [0.25, 0.3) is 12.2 Å². The first-order chi connectivity index (χ1) is 8.26. The average molecular weight is 294 g/mol. The number of halogens is 1. The van der Waals surface area contributed by atoms with Gasteiger partial charge in [0.1, 0.15) is 5.69 Å². The van der Waals surface area contributed by atoms with Crippen molar-refractivity contribution in [2.24, 2.45) is 0 Å². The summed E-state index contributed by atoms with van der Waals surface area (Å²) in [6.45, 7) is 0. The van der Waals surface area contributed by atoms with Crippen LogP contribution in [0.1, 0.15) is 11.3 Å². The lowest BCUT2D eigenvalue weighted by atomic mass is 10.2. The highest BCUT2D eigenvalue weighted by Gasteiger charge is 1.89. The van der Waals surface area contributed by atoms with Crippen molar-refractivity contribution in [3.05, 3.63) is 46.2 Å². The van der Waals surface area contributed by atoms with Crippen LogP contribution >= 0.6 is 15.9 Å². The van der Waals surface area contributed by atoms with E-state index in [1.807, 2.05) is 36.4 Å². The molecule has 5 nitrogen and oxygen atoms in total. The first-order valence-electron chi connectivity index (χ1n) is 4.55. The van der Waals surface area contributed by atoms with Crippen molar-refractivity contribution in [2.45, 2.75) is 0 Å². The lowest BCUT2D eigenvalue weighted by molar-refractivity contribution is -0.191. The van der Waals surface area contributed by atoms with Gasteiger partial charge in [0.2, 0.25) is 0 Å². The first kappa shape index (κ1) is 13.0. The highest BCUT2D eigenvalue weighted by molar-refractivity contribution is 9.10. The maximum Gasteiger partial charge on any atom is 0.373 e. The SMILES string of the molecule is Brc1ccc(C=Cc2cn[nH]n2)cc1.O=C=O. The van der Waals surface area contributed by atoms with Crippen LogP contribution in [0.2, 0.25) is 0 Å². The van der Waals surface area contributed by atoms with E-state index in [9.17, 15) is 0 Å². The Morgan fingerprint density at radius 3 is 2.35 bits per heavy atom. The number of aromatic amines is 1. The fraction of sp³-hybridized carbons (Fsp3) is 0. The molecule has 6 heteroatoms. The second-order valence-corrected chi connectivity index (χ2v) is 3.78. The molecule has 1 aromatic heterocycles. The molecule has 86 valence electrons. The van der Waals surface area contributed by atoms with Gasteiger partial charge in [-0.3, -0.25) is 0 Å². The molecule has 2 rings (SSSR count). The number of rotatable bonds is 2. The van der Waals surface area contributed by atoms with Gasteiger partial charge in [-0.2, -0.15) is 25.0 Å². The Hall–Kier alpha value is -2.04. The third-order valence-electron chi connectivity index (χ3n) is 1.75. The van der Waals surface area contributed by atoms with Crippen molar-refractivity contribution in [1.29, 1.82) is 0 Å². The third-order valence-corrected chi connectivity index (χ3v) is 2.28. The van der Waals surface area contributed by atoms with Gasteiger partial charge < -0.3 is 0 Å². The standard InChI is InChI=1S/C10H8BrN3.CO2/c11-9-4-1-8(2-5-9)3-6-10-7-12-14-13-10;2-1-3/h1-7H,(H,12,13,14);. The summed E-state index contributed by atoms with van der Waals surface area (Å²) in [6, 6.07) is 8.06. The fourth-order valence-electron chi connectivity index (χ4n) is 1.05. The average Bonchev–Trinajstić information content (AvgIpc) is 2.82. The molecule has 0 aliphatic carbocycles. The Bertz CT molecular complexity index is 500. The van der Waals surface area contributed by atoms with Gasteiger partial charge in [-0.1, -0.05) is 34.1 Å². The molecule has 0 aliphatic heterocycles. The second kappa shape index (κ2) is 7.27. The molecule has 17 heavy (non-hydrogen) atoms. The smallest absolute Gasteiger partial charge is 0.197 e. The zero-order chi connectivity index (χ0) is 12.5. The van der Waals surface area contributed by atoms with Gasteiger partial charge in [0.15, 0.2) is 0 Å². The predicted octanol–water partition coefficient (Wildman–Crippen LogP) is 2.15. The Labute approximate surface area is 106 Å². The van der Waals surface area contributed by atoms with E-state index in [0.717, 1.165) is 15.7 Å². The number of H-pyrrole nitrogens is 1. The highest BCUT2D eigenvalue weighted by Crippen LogP contribution is 2.12. The molecule has 0 unspecified atom stereocenters. The van der Waals surface area contributed by atoms with Crippen molar-refractivity contribution < 1.29 is 9.59 Å². The van der Waals surface area contributed by atoms with E-state index in [1.54, 1.807) is 6.20 Å². The number of nitrogens with one attached hydrogen (secondary N) is 1. The zero-order valence-corrected chi connectivity index (χ0v) is 10.2. The van der Waals surface area contributed by atoms with Gasteiger partial charge in [0.25, 0.3) is 0 Å². The number of carbonyl (C=O) groups excluding carboxylic acids is 2. The van der Waals surface area contributed by atoms with E-state index in [4.69, 9.17) is 9.59 Å². The Balaban J connectivity index is 0.000000437. The quantitative estimate of drug-likeness (QED) is 0.920. The predicted molar refractivity (Wildman–Crippen MR) is 64.5 cm³/mol. The lowest BCUT2D eigenvalue weighted by Crippen LogP contribution is -1.73. The number of hydrogen-bond donors (Lipinski definition) is 1. The number of hydrogen-bond acceptors (Lipinski definition) is 4. The number of benzene rings is 1. The van der Waals surface area contributed by atoms with Crippen molar-refractivity contribution in [3.63, 3.8) is 0 Å². The summed E-state index contributed by atoms with van der Waals surface area (Å²) in [5, 5.41) is 10.2. The van der Waals surface area contributed by atoms with Crippen LogP contribution in [0.15, 0.2) is 34.9 Å². The van der Waals surface area contributed by atoms with Gasteiger partial charge in [-0.05, 0) is 23.8 Å². The molecule has 0 aliphatic rings. The van der Waals surface area contributed by atoms with E-state index in [1.165, 1.54) is 0 Å². The first-order valence-corrected chi connectivity index (χ1v) is 5.34. The van der Waals surface area contributed by atoms with Crippen LogP contribution in [0.3, 0.4) is 0 Å². The van der Waals surface area contributed by atoms with E-state index < -0.39 is 0 Å². The summed E-state index contributed by atoms with van der Waals surface area (Å²) < 4.78 is 1.08. The van der Waals surface area contributed by atoms with Crippen LogP contribution in [0.4, 0.5) is 0 Å². The summed E-state index contributed by atoms with van der Waals surface area (Å²) in [5.74, 6) is 0. The van der Waals surface area contributed by atoms with E-state index in [0.29, 0.717) is 0 Å². The van der Waals surface area contributed by atoms with Crippen LogP contribution in [-0.4, -0.2) is 21.6 Å². The monoisotopic (exact) mass is 293 g/mol. The van der Waals surface area contributed by atoms with Crippen molar-refractivity contribution >= 4 is 34.2 Å². The third kappa shape index (κ3) is 5.01. The summed E-state index contributed by atoms with van der Waals surface area (Å²) in [7, 11) is 0. The van der Waals surface area contributed by atoms with Gasteiger partial charge in [-0.25, -0.2) is 0 Å². The van der Waals surface area contributed by atoms with Crippen molar-refractivity contribution in [1.82, 2.24) is 15.4 Å².